The molecule has 1 heterocycles. The van der Waals surface area contributed by atoms with Crippen molar-refractivity contribution >= 4 is 5.97 Å². The lowest BCUT2D eigenvalue weighted by Crippen LogP contribution is -2.16. The molecule has 0 radical (unpaired) electrons. The predicted octanol–water partition coefficient (Wildman–Crippen LogP) is 3.61. The van der Waals surface area contributed by atoms with Gasteiger partial charge in [0.15, 0.2) is 0 Å². The van der Waals surface area contributed by atoms with Gasteiger partial charge in [-0.3, -0.25) is 0 Å². The highest BCUT2D eigenvalue weighted by Crippen LogP contribution is 2.39. The maximum Gasteiger partial charge on any atom is 0.335 e. The first-order valence-corrected chi connectivity index (χ1v) is 6.73. The molecule has 0 fully saturated rings. The Balaban J connectivity index is 2.11. The molecule has 3 heteroatoms. The Labute approximate surface area is 117 Å². The Morgan fingerprint density at radius 3 is 2.70 bits per heavy atom. The fourth-order valence-electron chi connectivity index (χ4n) is 2.93. The molecule has 0 aromatic heterocycles. The van der Waals surface area contributed by atoms with Crippen molar-refractivity contribution < 1.29 is 14.6 Å². The van der Waals surface area contributed by atoms with Gasteiger partial charge in [-0.15, -0.1) is 0 Å². The quantitative estimate of drug-likeness (QED) is 0.905. The van der Waals surface area contributed by atoms with Crippen LogP contribution in [0.1, 0.15) is 39.4 Å². The van der Waals surface area contributed by atoms with Gasteiger partial charge in [0.2, 0.25) is 0 Å². The highest BCUT2D eigenvalue weighted by atomic mass is 16.5. The summed E-state index contributed by atoms with van der Waals surface area (Å²) in [7, 11) is 0. The zero-order valence-electron chi connectivity index (χ0n) is 11.3. The van der Waals surface area contributed by atoms with Crippen LogP contribution in [0.15, 0.2) is 42.5 Å². The normalized spacial score (nSPS) is 17.1. The molecule has 3 nitrogen and oxygen atoms in total. The number of para-hydroxylation sites is 1. The second-order valence-electron chi connectivity index (χ2n) is 5.05. The Kier molecular flexibility index (Phi) is 3.18. The van der Waals surface area contributed by atoms with E-state index in [4.69, 9.17) is 4.74 Å². The molecule has 0 spiro atoms. The zero-order valence-corrected chi connectivity index (χ0v) is 11.3. The van der Waals surface area contributed by atoms with Crippen LogP contribution in [0, 0.1) is 6.92 Å². The Morgan fingerprint density at radius 1 is 1.15 bits per heavy atom. The first-order valence-electron chi connectivity index (χ1n) is 6.73. The third-order valence-electron chi connectivity index (χ3n) is 3.94. The summed E-state index contributed by atoms with van der Waals surface area (Å²) < 4.78 is 5.68. The van der Waals surface area contributed by atoms with Crippen LogP contribution in [0.2, 0.25) is 0 Å². The van der Waals surface area contributed by atoms with Crippen molar-refractivity contribution in [2.45, 2.75) is 19.3 Å². The second kappa shape index (κ2) is 5.00. The Bertz CT molecular complexity index is 661. The molecule has 0 saturated carbocycles. The lowest BCUT2D eigenvalue weighted by Gasteiger charge is -2.27. The minimum Gasteiger partial charge on any atom is -0.493 e. The van der Waals surface area contributed by atoms with Crippen LogP contribution in [0.5, 0.6) is 5.75 Å². The molecule has 1 aliphatic heterocycles. The SMILES string of the molecule is Cc1c(C(=O)O)cccc1C1CCOc2ccccc21. The van der Waals surface area contributed by atoms with Gasteiger partial charge in [0.1, 0.15) is 5.75 Å². The maximum atomic E-state index is 11.3. The number of rotatable bonds is 2. The molecule has 0 amide bonds. The molecule has 1 N–H and O–H groups in total. The molecule has 1 aliphatic rings. The third-order valence-corrected chi connectivity index (χ3v) is 3.94. The van der Waals surface area contributed by atoms with Gasteiger partial charge in [-0.2, -0.15) is 0 Å². The van der Waals surface area contributed by atoms with Crippen LogP contribution in [0.4, 0.5) is 0 Å². The highest BCUT2D eigenvalue weighted by molar-refractivity contribution is 5.89. The molecular formula is C17H16O3. The molecule has 3 rings (SSSR count). The van der Waals surface area contributed by atoms with Gasteiger partial charge in [0.25, 0.3) is 0 Å². The largest absolute Gasteiger partial charge is 0.493 e. The first kappa shape index (κ1) is 12.7. The van der Waals surface area contributed by atoms with Crippen molar-refractivity contribution in [3.8, 4) is 5.75 Å². The number of ether oxygens (including phenoxy) is 1. The third kappa shape index (κ3) is 2.05. The van der Waals surface area contributed by atoms with E-state index in [1.807, 2.05) is 37.3 Å². The fraction of sp³-hybridized carbons (Fsp3) is 0.235. The predicted molar refractivity (Wildman–Crippen MR) is 76.5 cm³/mol. The summed E-state index contributed by atoms with van der Waals surface area (Å²) in [6, 6.07) is 13.5. The van der Waals surface area contributed by atoms with Crippen LogP contribution < -0.4 is 4.74 Å². The van der Waals surface area contributed by atoms with Crippen LogP contribution in [0.3, 0.4) is 0 Å². The molecule has 0 saturated heterocycles. The molecule has 1 unspecified atom stereocenters. The van der Waals surface area contributed by atoms with Gasteiger partial charge in [0, 0.05) is 11.5 Å². The van der Waals surface area contributed by atoms with E-state index in [1.165, 1.54) is 0 Å². The van der Waals surface area contributed by atoms with Crippen LogP contribution >= 0.6 is 0 Å². The van der Waals surface area contributed by atoms with Gasteiger partial charge in [-0.05, 0) is 36.6 Å². The highest BCUT2D eigenvalue weighted by Gasteiger charge is 2.25. The summed E-state index contributed by atoms with van der Waals surface area (Å²) in [4.78, 5) is 11.3. The van der Waals surface area contributed by atoms with Crippen LogP contribution in [-0.4, -0.2) is 17.7 Å². The number of fused-ring (bicyclic) bond motifs is 1. The smallest absolute Gasteiger partial charge is 0.335 e. The number of carbonyl (C=O) groups is 1. The first-order chi connectivity index (χ1) is 9.68. The van der Waals surface area contributed by atoms with Crippen molar-refractivity contribution in [2.24, 2.45) is 0 Å². The standard InChI is InChI=1S/C17H16O3/c1-11-12(6-4-7-13(11)17(18)19)14-9-10-20-16-8-3-2-5-15(14)16/h2-8,14H,9-10H2,1H3,(H,18,19). The van der Waals surface area contributed by atoms with Gasteiger partial charge >= 0.3 is 5.97 Å². The number of hydrogen-bond acceptors (Lipinski definition) is 2. The zero-order chi connectivity index (χ0) is 14.1. The van der Waals surface area contributed by atoms with Crippen molar-refractivity contribution in [3.05, 3.63) is 64.7 Å². The van der Waals surface area contributed by atoms with E-state index in [9.17, 15) is 9.90 Å². The van der Waals surface area contributed by atoms with E-state index in [0.29, 0.717) is 12.2 Å². The molecular weight excluding hydrogens is 252 g/mol. The van der Waals surface area contributed by atoms with Crippen molar-refractivity contribution in [2.75, 3.05) is 6.61 Å². The van der Waals surface area contributed by atoms with Gasteiger partial charge in [-0.25, -0.2) is 4.79 Å². The van der Waals surface area contributed by atoms with E-state index in [0.717, 1.165) is 28.9 Å². The van der Waals surface area contributed by atoms with Gasteiger partial charge in [0.05, 0.1) is 12.2 Å². The molecule has 0 bridgehead atoms. The van der Waals surface area contributed by atoms with E-state index in [-0.39, 0.29) is 5.92 Å². The van der Waals surface area contributed by atoms with E-state index in [2.05, 4.69) is 6.07 Å². The summed E-state index contributed by atoms with van der Waals surface area (Å²) in [6.07, 6.45) is 0.876. The Morgan fingerprint density at radius 2 is 1.90 bits per heavy atom. The fourth-order valence-corrected chi connectivity index (χ4v) is 2.93. The van der Waals surface area contributed by atoms with Crippen LogP contribution in [0.25, 0.3) is 0 Å². The van der Waals surface area contributed by atoms with E-state index in [1.54, 1.807) is 6.07 Å². The monoisotopic (exact) mass is 268 g/mol. The molecule has 20 heavy (non-hydrogen) atoms. The minimum atomic E-state index is -0.871. The van der Waals surface area contributed by atoms with Crippen molar-refractivity contribution in [1.29, 1.82) is 0 Å². The summed E-state index contributed by atoms with van der Waals surface area (Å²) in [5.41, 5.74) is 3.46. The van der Waals surface area contributed by atoms with E-state index < -0.39 is 5.97 Å². The van der Waals surface area contributed by atoms with Crippen LogP contribution in [-0.2, 0) is 0 Å². The average molecular weight is 268 g/mol. The van der Waals surface area contributed by atoms with Gasteiger partial charge < -0.3 is 9.84 Å². The number of aromatic carboxylic acids is 1. The Hall–Kier alpha value is -2.29. The summed E-state index contributed by atoms with van der Waals surface area (Å²) >= 11 is 0. The van der Waals surface area contributed by atoms with Crippen molar-refractivity contribution in [1.82, 2.24) is 0 Å². The molecule has 1 atom stereocenters. The number of carboxylic acid groups (broad SMARTS) is 1. The molecule has 2 aromatic rings. The summed E-state index contributed by atoms with van der Waals surface area (Å²) in [6.45, 7) is 2.55. The number of carboxylic acids is 1. The summed E-state index contributed by atoms with van der Waals surface area (Å²) in [5.74, 6) is 0.243. The molecule has 0 aliphatic carbocycles. The number of hydrogen-bond donors (Lipinski definition) is 1. The maximum absolute atomic E-state index is 11.3. The average Bonchev–Trinajstić information content (AvgIpc) is 2.47. The molecule has 2 aromatic carbocycles. The van der Waals surface area contributed by atoms with Gasteiger partial charge in [-0.1, -0.05) is 30.3 Å². The lowest BCUT2D eigenvalue weighted by atomic mass is 9.83. The summed E-state index contributed by atoms with van der Waals surface area (Å²) in [5, 5.41) is 9.26. The minimum absolute atomic E-state index is 0.208. The number of benzene rings is 2. The second-order valence-corrected chi connectivity index (χ2v) is 5.05. The lowest BCUT2D eigenvalue weighted by molar-refractivity contribution is 0.0696. The molecule has 102 valence electrons. The van der Waals surface area contributed by atoms with E-state index >= 15 is 0 Å². The topological polar surface area (TPSA) is 46.5 Å². The van der Waals surface area contributed by atoms with Crippen molar-refractivity contribution in [3.63, 3.8) is 0 Å².